The van der Waals surface area contributed by atoms with Crippen molar-refractivity contribution >= 4 is 29.1 Å². The van der Waals surface area contributed by atoms with Crippen molar-refractivity contribution in [1.82, 2.24) is 30.6 Å². The lowest BCUT2D eigenvalue weighted by Crippen LogP contribution is -2.30. The van der Waals surface area contributed by atoms with E-state index in [1.807, 2.05) is 13.8 Å². The molecule has 0 spiro atoms. The maximum atomic E-state index is 13.7. The molecule has 0 fully saturated rings. The summed E-state index contributed by atoms with van der Waals surface area (Å²) in [5.41, 5.74) is -0.0395. The minimum absolute atomic E-state index is 0.0371. The highest BCUT2D eigenvalue weighted by Gasteiger charge is 2.25. The first-order chi connectivity index (χ1) is 12.8. The van der Waals surface area contributed by atoms with Gasteiger partial charge < -0.3 is 9.84 Å². The molecule has 3 aromatic rings. The molecular formula is C16H15Cl2FN6O2. The molecule has 0 saturated carbocycles. The topological polar surface area (TPSA) is 110 Å². The van der Waals surface area contributed by atoms with Crippen LogP contribution in [0.4, 0.5) is 4.39 Å². The fourth-order valence-electron chi connectivity index (χ4n) is 2.41. The number of hydrogen-bond acceptors (Lipinski definition) is 6. The van der Waals surface area contributed by atoms with Gasteiger partial charge in [0.2, 0.25) is 11.7 Å². The number of carbonyl (C=O) groups is 1. The van der Waals surface area contributed by atoms with Crippen LogP contribution < -0.4 is 5.32 Å². The van der Waals surface area contributed by atoms with E-state index in [1.54, 1.807) is 0 Å². The van der Waals surface area contributed by atoms with E-state index in [1.165, 1.54) is 12.4 Å². The zero-order chi connectivity index (χ0) is 19.6. The van der Waals surface area contributed by atoms with Crippen molar-refractivity contribution < 1.29 is 13.7 Å². The van der Waals surface area contributed by atoms with Gasteiger partial charge in [0.1, 0.15) is 18.2 Å². The monoisotopic (exact) mass is 412 g/mol. The number of carbonyl (C=O) groups excluding carboxylic acids is 1. The van der Waals surface area contributed by atoms with E-state index in [0.717, 1.165) is 6.07 Å². The number of halogens is 3. The van der Waals surface area contributed by atoms with E-state index in [-0.39, 0.29) is 33.2 Å². The highest BCUT2D eigenvalue weighted by atomic mass is 35.5. The number of aromatic amines is 1. The summed E-state index contributed by atoms with van der Waals surface area (Å²) in [4.78, 5) is 20.8. The molecule has 27 heavy (non-hydrogen) atoms. The molecule has 1 amide bonds. The van der Waals surface area contributed by atoms with Gasteiger partial charge in [-0.3, -0.25) is 9.89 Å². The second-order valence-electron chi connectivity index (χ2n) is 6.19. The minimum Gasteiger partial charge on any atom is -0.340 e. The molecule has 8 nitrogen and oxygen atoms in total. The number of benzene rings is 1. The fraction of sp³-hybridized carbons (Fsp3) is 0.312. The highest BCUT2D eigenvalue weighted by Crippen LogP contribution is 2.26. The average Bonchev–Trinajstić information content (AvgIpc) is 3.27. The summed E-state index contributed by atoms with van der Waals surface area (Å²) < 4.78 is 19.0. The zero-order valence-corrected chi connectivity index (χ0v) is 15.8. The van der Waals surface area contributed by atoms with Crippen molar-refractivity contribution in [1.29, 1.82) is 0 Å². The Kier molecular flexibility index (Phi) is 5.71. The van der Waals surface area contributed by atoms with Crippen molar-refractivity contribution in [3.05, 3.63) is 45.8 Å². The van der Waals surface area contributed by atoms with Crippen LogP contribution in [0.5, 0.6) is 0 Å². The first kappa shape index (κ1) is 19.2. The largest absolute Gasteiger partial charge is 0.340 e. The number of H-pyrrole nitrogens is 1. The molecule has 0 aliphatic heterocycles. The number of hydrogen-bond donors (Lipinski definition) is 2. The third-order valence-corrected chi connectivity index (χ3v) is 4.24. The Bertz CT molecular complexity index is 945. The average molecular weight is 413 g/mol. The molecule has 2 N–H and O–H groups in total. The van der Waals surface area contributed by atoms with Crippen LogP contribution in [0.3, 0.4) is 0 Å². The number of aromatic nitrogens is 5. The summed E-state index contributed by atoms with van der Waals surface area (Å²) in [5, 5.41) is 12.8. The van der Waals surface area contributed by atoms with Gasteiger partial charge in [-0.2, -0.15) is 10.1 Å². The Labute approximate surface area is 163 Å². The standard InChI is InChI=1S/C16H15Cl2FN6O2/c1-7(2)3-12(16-23-14(25-27-16)13-20-6-21-24-13)22-15(26)8-4-11(19)10(18)5-9(8)17/h4-7,12H,3H2,1-2H3,(H,22,26)(H,20,21,24). The van der Waals surface area contributed by atoms with E-state index in [4.69, 9.17) is 27.7 Å². The fourth-order valence-corrected chi connectivity index (χ4v) is 2.88. The predicted octanol–water partition coefficient (Wildman–Crippen LogP) is 3.82. The van der Waals surface area contributed by atoms with Crippen LogP contribution in [0.25, 0.3) is 11.6 Å². The lowest BCUT2D eigenvalue weighted by atomic mass is 10.0. The second kappa shape index (κ2) is 8.01. The second-order valence-corrected chi connectivity index (χ2v) is 7.01. The Morgan fingerprint density at radius 2 is 2.11 bits per heavy atom. The molecule has 0 radical (unpaired) electrons. The smallest absolute Gasteiger partial charge is 0.253 e. The predicted molar refractivity (Wildman–Crippen MR) is 95.8 cm³/mol. The van der Waals surface area contributed by atoms with Gasteiger partial charge in [0, 0.05) is 0 Å². The van der Waals surface area contributed by atoms with E-state index in [0.29, 0.717) is 12.2 Å². The summed E-state index contributed by atoms with van der Waals surface area (Å²) in [7, 11) is 0. The van der Waals surface area contributed by atoms with Crippen LogP contribution in [-0.4, -0.2) is 31.2 Å². The first-order valence-electron chi connectivity index (χ1n) is 8.00. The van der Waals surface area contributed by atoms with Crippen LogP contribution in [0.2, 0.25) is 10.0 Å². The van der Waals surface area contributed by atoms with Crippen LogP contribution in [0, 0.1) is 11.7 Å². The van der Waals surface area contributed by atoms with Crippen LogP contribution in [0.1, 0.15) is 42.6 Å². The number of amides is 1. The Balaban J connectivity index is 1.85. The van der Waals surface area contributed by atoms with E-state index in [9.17, 15) is 9.18 Å². The van der Waals surface area contributed by atoms with Gasteiger partial charge in [0.25, 0.3) is 5.91 Å². The summed E-state index contributed by atoms with van der Waals surface area (Å²) >= 11 is 11.7. The molecule has 0 bridgehead atoms. The van der Waals surface area contributed by atoms with E-state index >= 15 is 0 Å². The SMILES string of the molecule is CC(C)CC(NC(=O)c1cc(F)c(Cl)cc1Cl)c1nc(-c2ncn[nH]2)no1. The summed E-state index contributed by atoms with van der Waals surface area (Å²) in [6, 6.07) is 1.57. The molecular weight excluding hydrogens is 398 g/mol. The van der Waals surface area contributed by atoms with Crippen LogP contribution in [-0.2, 0) is 0 Å². The van der Waals surface area contributed by atoms with Gasteiger partial charge in [-0.15, -0.1) is 0 Å². The molecule has 2 aromatic heterocycles. The van der Waals surface area contributed by atoms with Crippen molar-refractivity contribution in [2.24, 2.45) is 5.92 Å². The quantitative estimate of drug-likeness (QED) is 0.595. The molecule has 0 aliphatic carbocycles. The molecule has 3 rings (SSSR count). The molecule has 1 aromatic carbocycles. The Morgan fingerprint density at radius 1 is 1.33 bits per heavy atom. The molecule has 2 heterocycles. The highest BCUT2D eigenvalue weighted by molar-refractivity contribution is 6.36. The van der Waals surface area contributed by atoms with E-state index in [2.05, 4.69) is 30.6 Å². The van der Waals surface area contributed by atoms with Gasteiger partial charge >= 0.3 is 0 Å². The zero-order valence-electron chi connectivity index (χ0n) is 14.3. The number of rotatable bonds is 6. The molecule has 0 aliphatic rings. The van der Waals surface area contributed by atoms with Crippen molar-refractivity contribution in [2.75, 3.05) is 0 Å². The third kappa shape index (κ3) is 4.42. The first-order valence-corrected chi connectivity index (χ1v) is 8.75. The molecule has 0 saturated heterocycles. The Morgan fingerprint density at radius 3 is 2.78 bits per heavy atom. The van der Waals surface area contributed by atoms with E-state index < -0.39 is 17.8 Å². The molecule has 11 heteroatoms. The maximum Gasteiger partial charge on any atom is 0.253 e. The van der Waals surface area contributed by atoms with Gasteiger partial charge in [-0.05, 0) is 24.5 Å². The summed E-state index contributed by atoms with van der Waals surface area (Å²) in [6.07, 6.45) is 1.83. The maximum absolute atomic E-state index is 13.7. The lowest BCUT2D eigenvalue weighted by molar-refractivity contribution is 0.0922. The van der Waals surface area contributed by atoms with Gasteiger partial charge in [-0.25, -0.2) is 9.37 Å². The molecule has 1 unspecified atom stereocenters. The molecule has 142 valence electrons. The third-order valence-electron chi connectivity index (χ3n) is 3.63. The van der Waals surface area contributed by atoms with Gasteiger partial charge in [-0.1, -0.05) is 42.2 Å². The van der Waals surface area contributed by atoms with Crippen molar-refractivity contribution in [3.8, 4) is 11.6 Å². The number of nitrogens with one attached hydrogen (secondary N) is 2. The number of nitrogens with zero attached hydrogens (tertiary/aromatic N) is 4. The summed E-state index contributed by atoms with van der Waals surface area (Å²) in [6.45, 7) is 3.95. The Hall–Kier alpha value is -2.52. The van der Waals surface area contributed by atoms with Gasteiger partial charge in [0.05, 0.1) is 15.6 Å². The normalized spacial score (nSPS) is 12.4. The summed E-state index contributed by atoms with van der Waals surface area (Å²) in [5.74, 6) is -0.386. The van der Waals surface area contributed by atoms with Crippen LogP contribution >= 0.6 is 23.2 Å². The minimum atomic E-state index is -0.739. The van der Waals surface area contributed by atoms with Crippen molar-refractivity contribution in [2.45, 2.75) is 26.3 Å². The van der Waals surface area contributed by atoms with Gasteiger partial charge in [0.15, 0.2) is 5.82 Å². The van der Waals surface area contributed by atoms with Crippen LogP contribution in [0.15, 0.2) is 23.0 Å². The lowest BCUT2D eigenvalue weighted by Gasteiger charge is -2.17. The molecule has 1 atom stereocenters. The van der Waals surface area contributed by atoms with Crippen molar-refractivity contribution in [3.63, 3.8) is 0 Å².